The topological polar surface area (TPSA) is 51.8 Å². The number of halogens is 3. The van der Waals surface area contributed by atoms with Gasteiger partial charge in [-0.15, -0.1) is 12.4 Å². The van der Waals surface area contributed by atoms with Crippen LogP contribution in [0.25, 0.3) is 0 Å². The molecule has 0 aliphatic rings. The van der Waals surface area contributed by atoms with Gasteiger partial charge >= 0.3 is 0 Å². The molecule has 0 atom stereocenters. The Bertz CT molecular complexity index is 462. The molecule has 2 rings (SSSR count). The second-order valence-corrected chi connectivity index (χ2v) is 3.22. The molecule has 90 valence electrons. The van der Waals surface area contributed by atoms with E-state index in [1.807, 2.05) is 0 Å². The molecule has 0 saturated heterocycles. The first-order valence-corrected chi connectivity index (χ1v) is 4.66. The Hall–Kier alpha value is -1.59. The number of rotatable bonds is 2. The van der Waals surface area contributed by atoms with Gasteiger partial charge < -0.3 is 5.73 Å². The Morgan fingerprint density at radius 3 is 1.71 bits per heavy atom. The maximum absolute atomic E-state index is 13.4. The number of aromatic nitrogens is 2. The van der Waals surface area contributed by atoms with Gasteiger partial charge in [0.2, 0.25) is 0 Å². The van der Waals surface area contributed by atoms with Crippen molar-refractivity contribution in [2.24, 2.45) is 5.73 Å². The Morgan fingerprint density at radius 1 is 0.941 bits per heavy atom. The van der Waals surface area contributed by atoms with E-state index in [1.165, 1.54) is 36.7 Å². The van der Waals surface area contributed by atoms with Crippen LogP contribution in [0, 0.1) is 11.6 Å². The summed E-state index contributed by atoms with van der Waals surface area (Å²) < 4.78 is 26.7. The molecule has 0 unspecified atom stereocenters. The summed E-state index contributed by atoms with van der Waals surface area (Å²) in [5, 5.41) is 0. The largest absolute Gasteiger partial charge is 0.318 e. The maximum atomic E-state index is 13.4. The fraction of sp³-hybridized carbons (Fsp3) is 0.0909. The predicted octanol–water partition coefficient (Wildman–Crippen LogP) is 2.22. The van der Waals surface area contributed by atoms with Gasteiger partial charge in [-0.05, 0) is 24.3 Å². The molecule has 0 amide bonds. The van der Waals surface area contributed by atoms with Gasteiger partial charge in [0.1, 0.15) is 11.6 Å². The molecule has 0 saturated carbocycles. The third-order valence-electron chi connectivity index (χ3n) is 2.16. The fourth-order valence-electron chi connectivity index (χ4n) is 1.38. The van der Waals surface area contributed by atoms with Crippen LogP contribution in [-0.2, 0) is 0 Å². The average Bonchev–Trinajstić information content (AvgIpc) is 2.29. The van der Waals surface area contributed by atoms with Gasteiger partial charge in [0.05, 0.1) is 17.4 Å². The number of hydrogen-bond acceptors (Lipinski definition) is 3. The first-order valence-electron chi connectivity index (χ1n) is 4.66. The number of nitrogens with zero attached hydrogens (tertiary/aromatic N) is 2. The van der Waals surface area contributed by atoms with Crippen molar-refractivity contribution in [3.8, 4) is 0 Å². The summed E-state index contributed by atoms with van der Waals surface area (Å²) in [4.78, 5) is 7.58. The van der Waals surface area contributed by atoms with Gasteiger partial charge in [-0.2, -0.15) is 0 Å². The number of pyridine rings is 2. The molecular weight excluding hydrogens is 248 g/mol. The Labute approximate surface area is 103 Å². The summed E-state index contributed by atoms with van der Waals surface area (Å²) in [6, 6.07) is 4.34. The molecule has 2 aromatic heterocycles. The van der Waals surface area contributed by atoms with Crippen LogP contribution in [0.3, 0.4) is 0 Å². The predicted molar refractivity (Wildman–Crippen MR) is 61.7 cm³/mol. The third kappa shape index (κ3) is 2.75. The highest BCUT2D eigenvalue weighted by Crippen LogP contribution is 2.20. The van der Waals surface area contributed by atoms with Crippen molar-refractivity contribution in [2.45, 2.75) is 6.04 Å². The molecule has 0 aliphatic heterocycles. The van der Waals surface area contributed by atoms with E-state index < -0.39 is 17.7 Å². The van der Waals surface area contributed by atoms with Crippen molar-refractivity contribution >= 4 is 12.4 Å². The van der Waals surface area contributed by atoms with Crippen molar-refractivity contribution in [3.63, 3.8) is 0 Å². The summed E-state index contributed by atoms with van der Waals surface area (Å²) in [5.41, 5.74) is 5.69. The summed E-state index contributed by atoms with van der Waals surface area (Å²) in [6.45, 7) is 0. The summed E-state index contributed by atoms with van der Waals surface area (Å²) in [5.74, 6) is -1.14. The molecule has 3 nitrogen and oxygen atoms in total. The number of hydrogen-bond donors (Lipinski definition) is 1. The molecule has 0 fully saturated rings. The third-order valence-corrected chi connectivity index (χ3v) is 2.16. The Balaban J connectivity index is 0.00000144. The van der Waals surface area contributed by atoms with Crippen molar-refractivity contribution in [1.29, 1.82) is 0 Å². The van der Waals surface area contributed by atoms with E-state index in [2.05, 4.69) is 9.97 Å². The average molecular weight is 258 g/mol. The van der Waals surface area contributed by atoms with Crippen LogP contribution in [0.2, 0.25) is 0 Å². The van der Waals surface area contributed by atoms with Crippen LogP contribution >= 0.6 is 12.4 Å². The monoisotopic (exact) mass is 257 g/mol. The molecule has 6 heteroatoms. The summed E-state index contributed by atoms with van der Waals surface area (Å²) in [6.07, 6.45) is 2.80. The summed E-state index contributed by atoms with van der Waals surface area (Å²) >= 11 is 0. The fourth-order valence-corrected chi connectivity index (χ4v) is 1.38. The van der Waals surface area contributed by atoms with E-state index in [9.17, 15) is 8.78 Å². The van der Waals surface area contributed by atoms with Crippen LogP contribution in [0.1, 0.15) is 17.4 Å². The summed E-state index contributed by atoms with van der Waals surface area (Å²) in [7, 11) is 0. The van der Waals surface area contributed by atoms with Crippen molar-refractivity contribution in [1.82, 2.24) is 9.97 Å². The smallest absolute Gasteiger partial charge is 0.146 e. The highest BCUT2D eigenvalue weighted by Gasteiger charge is 2.19. The van der Waals surface area contributed by atoms with E-state index in [-0.39, 0.29) is 23.8 Å². The van der Waals surface area contributed by atoms with Gasteiger partial charge in [0, 0.05) is 12.4 Å². The first-order chi connectivity index (χ1) is 7.70. The Morgan fingerprint density at radius 2 is 1.35 bits per heavy atom. The first kappa shape index (κ1) is 13.5. The van der Waals surface area contributed by atoms with E-state index in [0.717, 1.165) is 0 Å². The minimum atomic E-state index is -0.998. The molecule has 0 radical (unpaired) electrons. The maximum Gasteiger partial charge on any atom is 0.146 e. The van der Waals surface area contributed by atoms with E-state index in [1.54, 1.807) is 0 Å². The van der Waals surface area contributed by atoms with Gasteiger partial charge in [-0.25, -0.2) is 8.78 Å². The minimum Gasteiger partial charge on any atom is -0.318 e. The van der Waals surface area contributed by atoms with Gasteiger partial charge in [-0.1, -0.05) is 0 Å². The second kappa shape index (κ2) is 5.65. The zero-order valence-corrected chi connectivity index (χ0v) is 9.49. The van der Waals surface area contributed by atoms with Gasteiger partial charge in [-0.3, -0.25) is 9.97 Å². The van der Waals surface area contributed by atoms with Crippen LogP contribution in [0.5, 0.6) is 0 Å². The molecule has 2 heterocycles. The molecule has 2 aromatic rings. The minimum absolute atomic E-state index is 0. The quantitative estimate of drug-likeness (QED) is 0.898. The molecular formula is C11H10ClF2N3. The molecule has 0 aliphatic carbocycles. The van der Waals surface area contributed by atoms with E-state index in [4.69, 9.17) is 5.73 Å². The van der Waals surface area contributed by atoms with Crippen LogP contribution in [0.4, 0.5) is 8.78 Å². The molecule has 0 aromatic carbocycles. The lowest BCUT2D eigenvalue weighted by molar-refractivity contribution is 0.555. The van der Waals surface area contributed by atoms with Crippen molar-refractivity contribution in [2.75, 3.05) is 0 Å². The molecule has 2 N–H and O–H groups in total. The van der Waals surface area contributed by atoms with Crippen molar-refractivity contribution in [3.05, 3.63) is 59.7 Å². The van der Waals surface area contributed by atoms with Gasteiger partial charge in [0.25, 0.3) is 0 Å². The second-order valence-electron chi connectivity index (χ2n) is 3.22. The zero-order valence-electron chi connectivity index (χ0n) is 8.68. The standard InChI is InChI=1S/C11H9F2N3.ClH/c12-7-3-1-5-15-10(7)9(14)11-8(13)4-2-6-16-11;/h1-6,9H,14H2;1H. The number of nitrogens with two attached hydrogens (primary N) is 1. The van der Waals surface area contributed by atoms with Crippen LogP contribution in [-0.4, -0.2) is 9.97 Å². The van der Waals surface area contributed by atoms with E-state index >= 15 is 0 Å². The SMILES string of the molecule is Cl.NC(c1ncccc1F)c1ncccc1F. The molecule has 17 heavy (non-hydrogen) atoms. The highest BCUT2D eigenvalue weighted by molar-refractivity contribution is 5.85. The Kier molecular flexibility index (Phi) is 4.48. The van der Waals surface area contributed by atoms with Crippen molar-refractivity contribution < 1.29 is 8.78 Å². The lowest BCUT2D eigenvalue weighted by atomic mass is 10.1. The lowest BCUT2D eigenvalue weighted by Gasteiger charge is -2.11. The zero-order chi connectivity index (χ0) is 11.5. The highest BCUT2D eigenvalue weighted by atomic mass is 35.5. The van der Waals surface area contributed by atoms with E-state index in [0.29, 0.717) is 0 Å². The molecule has 0 spiro atoms. The molecule has 0 bridgehead atoms. The normalized spacial score (nSPS) is 10.1. The van der Waals surface area contributed by atoms with Crippen LogP contribution in [0.15, 0.2) is 36.7 Å². The van der Waals surface area contributed by atoms with Crippen LogP contribution < -0.4 is 5.73 Å². The lowest BCUT2D eigenvalue weighted by Crippen LogP contribution is -2.18. The van der Waals surface area contributed by atoms with Gasteiger partial charge in [0.15, 0.2) is 0 Å².